The zero-order valence-corrected chi connectivity index (χ0v) is 14.7. The highest BCUT2D eigenvalue weighted by atomic mass is 19.4. The third-order valence-electron chi connectivity index (χ3n) is 4.66. The topological polar surface area (TPSA) is 58.6 Å². The van der Waals surface area contributed by atoms with E-state index in [4.69, 9.17) is 4.74 Å². The van der Waals surface area contributed by atoms with E-state index in [1.165, 1.54) is 0 Å². The van der Waals surface area contributed by atoms with Gasteiger partial charge in [0.15, 0.2) is 0 Å². The van der Waals surface area contributed by atoms with Gasteiger partial charge < -0.3 is 15.0 Å². The monoisotopic (exact) mass is 380 g/mol. The van der Waals surface area contributed by atoms with Crippen LogP contribution >= 0.6 is 0 Å². The molecule has 5 nitrogen and oxygen atoms in total. The average molecular weight is 380 g/mol. The van der Waals surface area contributed by atoms with Crippen LogP contribution < -0.4 is 10.1 Å². The Kier molecular flexibility index (Phi) is 5.25. The highest BCUT2D eigenvalue weighted by Gasteiger charge is 2.47. The number of fused-ring (bicyclic) bond motifs is 1. The summed E-state index contributed by atoms with van der Waals surface area (Å²) in [5.41, 5.74) is 1.04. The van der Waals surface area contributed by atoms with Crippen LogP contribution in [0.1, 0.15) is 5.56 Å². The SMILES string of the molecule is COc1ccc2cccc(CCNC(=O)C3CN(C(=O)C(F)(F)F)C3)c2c1. The van der Waals surface area contributed by atoms with Gasteiger partial charge in [0, 0.05) is 19.6 Å². The van der Waals surface area contributed by atoms with Crippen molar-refractivity contribution in [3.63, 3.8) is 0 Å². The molecule has 2 aromatic rings. The summed E-state index contributed by atoms with van der Waals surface area (Å²) in [5.74, 6) is -2.08. The van der Waals surface area contributed by atoms with Crippen molar-refractivity contribution in [3.05, 3.63) is 42.0 Å². The minimum Gasteiger partial charge on any atom is -0.497 e. The first-order chi connectivity index (χ1) is 12.8. The number of halogens is 3. The van der Waals surface area contributed by atoms with E-state index < -0.39 is 18.0 Å². The first-order valence-corrected chi connectivity index (χ1v) is 8.49. The Morgan fingerprint density at radius 3 is 2.63 bits per heavy atom. The molecule has 2 amide bonds. The van der Waals surface area contributed by atoms with E-state index in [9.17, 15) is 22.8 Å². The van der Waals surface area contributed by atoms with Crippen molar-refractivity contribution < 1.29 is 27.5 Å². The summed E-state index contributed by atoms with van der Waals surface area (Å²) in [6.07, 6.45) is -4.31. The van der Waals surface area contributed by atoms with Crippen LogP contribution in [0, 0.1) is 5.92 Å². The molecule has 1 aliphatic heterocycles. The van der Waals surface area contributed by atoms with Crippen molar-refractivity contribution >= 4 is 22.6 Å². The number of carbonyl (C=O) groups is 2. The molecule has 0 unspecified atom stereocenters. The van der Waals surface area contributed by atoms with Crippen LogP contribution in [0.3, 0.4) is 0 Å². The fourth-order valence-electron chi connectivity index (χ4n) is 3.12. The minimum absolute atomic E-state index is 0.199. The molecule has 2 aromatic carbocycles. The van der Waals surface area contributed by atoms with E-state index in [1.807, 2.05) is 36.4 Å². The molecule has 8 heteroatoms. The Labute approximate surface area is 154 Å². The largest absolute Gasteiger partial charge is 0.497 e. The summed E-state index contributed by atoms with van der Waals surface area (Å²) in [5, 5.41) is 4.82. The van der Waals surface area contributed by atoms with Crippen LogP contribution in [-0.4, -0.2) is 49.6 Å². The second kappa shape index (κ2) is 7.46. The van der Waals surface area contributed by atoms with Crippen molar-refractivity contribution in [2.24, 2.45) is 5.92 Å². The first-order valence-electron chi connectivity index (χ1n) is 8.49. The van der Waals surface area contributed by atoms with Gasteiger partial charge >= 0.3 is 12.1 Å². The molecular formula is C19H19F3N2O3. The number of benzene rings is 2. The number of hydrogen-bond donors (Lipinski definition) is 1. The molecule has 0 saturated carbocycles. The highest BCUT2D eigenvalue weighted by molar-refractivity contribution is 5.88. The van der Waals surface area contributed by atoms with Gasteiger partial charge in [-0.3, -0.25) is 9.59 Å². The lowest BCUT2D eigenvalue weighted by molar-refractivity contribution is -0.191. The van der Waals surface area contributed by atoms with Gasteiger partial charge in [0.05, 0.1) is 13.0 Å². The Morgan fingerprint density at radius 1 is 1.22 bits per heavy atom. The number of likely N-dealkylation sites (tertiary alicyclic amines) is 1. The quantitative estimate of drug-likeness (QED) is 0.867. The Morgan fingerprint density at radius 2 is 1.96 bits per heavy atom. The van der Waals surface area contributed by atoms with E-state index >= 15 is 0 Å². The number of carbonyl (C=O) groups excluding carboxylic acids is 2. The highest BCUT2D eigenvalue weighted by Crippen LogP contribution is 2.26. The lowest BCUT2D eigenvalue weighted by atomic mass is 9.98. The van der Waals surface area contributed by atoms with Gasteiger partial charge in [-0.2, -0.15) is 13.2 Å². The summed E-state index contributed by atoms with van der Waals surface area (Å²) < 4.78 is 42.2. The Balaban J connectivity index is 1.53. The molecule has 0 radical (unpaired) electrons. The number of methoxy groups -OCH3 is 1. The van der Waals surface area contributed by atoms with Crippen LogP contribution in [0.15, 0.2) is 36.4 Å². The molecule has 0 atom stereocenters. The zero-order valence-electron chi connectivity index (χ0n) is 14.7. The van der Waals surface area contributed by atoms with Crippen molar-refractivity contribution in [2.75, 3.05) is 26.7 Å². The lowest BCUT2D eigenvalue weighted by Gasteiger charge is -2.38. The van der Waals surface area contributed by atoms with Crippen LogP contribution in [0.25, 0.3) is 10.8 Å². The number of alkyl halides is 3. The Hall–Kier alpha value is -2.77. The maximum atomic E-state index is 12.3. The molecule has 0 aromatic heterocycles. The van der Waals surface area contributed by atoms with Gasteiger partial charge in [0.1, 0.15) is 5.75 Å². The maximum absolute atomic E-state index is 12.3. The number of hydrogen-bond acceptors (Lipinski definition) is 3. The number of rotatable bonds is 5. The van der Waals surface area contributed by atoms with Gasteiger partial charge in [0.2, 0.25) is 5.91 Å². The molecule has 1 heterocycles. The minimum atomic E-state index is -4.89. The molecule has 144 valence electrons. The normalized spacial score (nSPS) is 14.7. The number of nitrogens with one attached hydrogen (secondary N) is 1. The maximum Gasteiger partial charge on any atom is 0.471 e. The third-order valence-corrected chi connectivity index (χ3v) is 4.66. The van der Waals surface area contributed by atoms with Crippen molar-refractivity contribution in [2.45, 2.75) is 12.6 Å². The molecule has 1 N–H and O–H groups in total. The molecule has 1 saturated heterocycles. The predicted octanol–water partition coefficient (Wildman–Crippen LogP) is 2.53. The molecule has 0 aliphatic carbocycles. The fourth-order valence-corrected chi connectivity index (χ4v) is 3.12. The lowest BCUT2D eigenvalue weighted by Crippen LogP contribution is -2.58. The van der Waals surface area contributed by atoms with E-state index in [0.29, 0.717) is 17.9 Å². The van der Waals surface area contributed by atoms with Gasteiger partial charge in [-0.05, 0) is 34.9 Å². The Bertz CT molecular complexity index is 861. The summed E-state index contributed by atoms with van der Waals surface area (Å²) in [6.45, 7) is -0.0375. The molecular weight excluding hydrogens is 361 g/mol. The third kappa shape index (κ3) is 4.15. The predicted molar refractivity (Wildman–Crippen MR) is 93.3 cm³/mol. The van der Waals surface area contributed by atoms with Gasteiger partial charge in [-0.15, -0.1) is 0 Å². The van der Waals surface area contributed by atoms with E-state index in [2.05, 4.69) is 5.32 Å². The van der Waals surface area contributed by atoms with Crippen LogP contribution in [0.2, 0.25) is 0 Å². The summed E-state index contributed by atoms with van der Waals surface area (Å²) in [7, 11) is 1.59. The van der Waals surface area contributed by atoms with E-state index in [-0.39, 0.29) is 19.0 Å². The van der Waals surface area contributed by atoms with Gasteiger partial charge in [-0.1, -0.05) is 24.3 Å². The molecule has 1 fully saturated rings. The van der Waals surface area contributed by atoms with Crippen molar-refractivity contribution in [3.8, 4) is 5.75 Å². The van der Waals surface area contributed by atoms with Crippen molar-refractivity contribution in [1.82, 2.24) is 10.2 Å². The standard InChI is InChI=1S/C19H19F3N2O3/c1-27-15-6-5-12-3-2-4-13(16(12)9-15)7-8-23-17(25)14-10-24(11-14)18(26)19(20,21)22/h2-6,9,14H,7-8,10-11H2,1H3,(H,23,25). The number of ether oxygens (including phenoxy) is 1. The second-order valence-electron chi connectivity index (χ2n) is 6.45. The van der Waals surface area contributed by atoms with E-state index in [0.717, 1.165) is 22.1 Å². The average Bonchev–Trinajstić information content (AvgIpc) is 2.59. The fraction of sp³-hybridized carbons (Fsp3) is 0.368. The molecule has 0 bridgehead atoms. The second-order valence-corrected chi connectivity index (χ2v) is 6.45. The van der Waals surface area contributed by atoms with Crippen LogP contribution in [0.4, 0.5) is 13.2 Å². The summed E-state index contributed by atoms with van der Waals surface area (Å²) >= 11 is 0. The van der Waals surface area contributed by atoms with Gasteiger partial charge in [-0.25, -0.2) is 0 Å². The molecule has 27 heavy (non-hydrogen) atoms. The first kappa shape index (κ1) is 19.0. The number of nitrogens with zero attached hydrogens (tertiary/aromatic N) is 1. The molecule has 1 aliphatic rings. The van der Waals surface area contributed by atoms with Crippen LogP contribution in [-0.2, 0) is 16.0 Å². The molecule has 0 spiro atoms. The zero-order chi connectivity index (χ0) is 19.6. The summed E-state index contributed by atoms with van der Waals surface area (Å²) in [4.78, 5) is 23.7. The smallest absolute Gasteiger partial charge is 0.471 e. The summed E-state index contributed by atoms with van der Waals surface area (Å²) in [6, 6.07) is 11.6. The van der Waals surface area contributed by atoms with Gasteiger partial charge in [0.25, 0.3) is 0 Å². The van der Waals surface area contributed by atoms with E-state index in [1.54, 1.807) is 7.11 Å². The number of amides is 2. The van der Waals surface area contributed by atoms with Crippen LogP contribution in [0.5, 0.6) is 5.75 Å². The van der Waals surface area contributed by atoms with Crippen molar-refractivity contribution in [1.29, 1.82) is 0 Å². The molecule has 3 rings (SSSR count).